The van der Waals surface area contributed by atoms with Gasteiger partial charge >= 0.3 is 0 Å². The zero-order valence-corrected chi connectivity index (χ0v) is 8.97. The standard InChI is InChI=1S/C10H20N2O2/c1-3-10(2,14)7-12-8-4-5-9(13)11-6-8/h8,12,14H,3-7H2,1-2H3,(H,11,13). The fraction of sp³-hybridized carbons (Fsp3) is 0.900. The van der Waals surface area contributed by atoms with Crippen LogP contribution >= 0.6 is 0 Å². The summed E-state index contributed by atoms with van der Waals surface area (Å²) in [7, 11) is 0. The molecule has 0 aliphatic carbocycles. The Morgan fingerprint density at radius 2 is 2.43 bits per heavy atom. The van der Waals surface area contributed by atoms with Crippen LogP contribution in [0.2, 0.25) is 0 Å². The largest absolute Gasteiger partial charge is 0.389 e. The van der Waals surface area contributed by atoms with E-state index in [1.165, 1.54) is 0 Å². The van der Waals surface area contributed by atoms with Crippen molar-refractivity contribution in [2.24, 2.45) is 0 Å². The van der Waals surface area contributed by atoms with Gasteiger partial charge in [-0.25, -0.2) is 0 Å². The van der Waals surface area contributed by atoms with Crippen LogP contribution in [0.25, 0.3) is 0 Å². The number of hydrogen-bond acceptors (Lipinski definition) is 3. The highest BCUT2D eigenvalue weighted by Gasteiger charge is 2.22. The molecule has 1 amide bonds. The summed E-state index contributed by atoms with van der Waals surface area (Å²) < 4.78 is 0. The first-order valence-corrected chi connectivity index (χ1v) is 5.26. The van der Waals surface area contributed by atoms with Gasteiger partial charge in [0.25, 0.3) is 0 Å². The molecule has 0 spiro atoms. The topological polar surface area (TPSA) is 61.4 Å². The molecule has 2 unspecified atom stereocenters. The fourth-order valence-electron chi connectivity index (χ4n) is 1.40. The Bertz CT molecular complexity index is 194. The third-order valence-electron chi connectivity index (χ3n) is 2.80. The molecular formula is C10H20N2O2. The first-order valence-electron chi connectivity index (χ1n) is 5.26. The minimum atomic E-state index is -0.637. The van der Waals surface area contributed by atoms with Gasteiger partial charge < -0.3 is 15.7 Å². The summed E-state index contributed by atoms with van der Waals surface area (Å²) in [6.45, 7) is 5.05. The molecular weight excluding hydrogens is 180 g/mol. The molecule has 0 aromatic rings. The molecule has 1 rings (SSSR count). The van der Waals surface area contributed by atoms with Gasteiger partial charge in [-0.3, -0.25) is 4.79 Å². The normalized spacial score (nSPS) is 26.8. The maximum absolute atomic E-state index is 10.9. The summed E-state index contributed by atoms with van der Waals surface area (Å²) >= 11 is 0. The number of aliphatic hydroxyl groups is 1. The second kappa shape index (κ2) is 4.75. The maximum Gasteiger partial charge on any atom is 0.220 e. The summed E-state index contributed by atoms with van der Waals surface area (Å²) in [6, 6.07) is 0.311. The molecule has 0 bridgehead atoms. The van der Waals surface area contributed by atoms with Crippen LogP contribution in [0.4, 0.5) is 0 Å². The third-order valence-corrected chi connectivity index (χ3v) is 2.80. The molecule has 0 radical (unpaired) electrons. The van der Waals surface area contributed by atoms with Crippen LogP contribution in [0.1, 0.15) is 33.1 Å². The van der Waals surface area contributed by atoms with E-state index in [1.54, 1.807) is 0 Å². The van der Waals surface area contributed by atoms with Gasteiger partial charge in [0.05, 0.1) is 5.60 Å². The van der Waals surface area contributed by atoms with E-state index in [2.05, 4.69) is 10.6 Å². The lowest BCUT2D eigenvalue weighted by Crippen LogP contribution is -2.49. The SMILES string of the molecule is CCC(C)(O)CNC1CCC(=O)NC1. The van der Waals surface area contributed by atoms with Crippen LogP contribution in [0.3, 0.4) is 0 Å². The lowest BCUT2D eigenvalue weighted by atomic mass is 10.0. The van der Waals surface area contributed by atoms with Crippen molar-refractivity contribution in [3.05, 3.63) is 0 Å². The predicted octanol–water partition coefficient (Wildman–Crippen LogP) is 0.0156. The Morgan fingerprint density at radius 3 is 2.93 bits per heavy atom. The van der Waals surface area contributed by atoms with Crippen molar-refractivity contribution in [3.8, 4) is 0 Å². The van der Waals surface area contributed by atoms with Crippen LogP contribution in [-0.4, -0.2) is 35.7 Å². The first kappa shape index (κ1) is 11.5. The highest BCUT2D eigenvalue weighted by Crippen LogP contribution is 2.08. The number of rotatable bonds is 4. The molecule has 14 heavy (non-hydrogen) atoms. The highest BCUT2D eigenvalue weighted by atomic mass is 16.3. The molecule has 1 saturated heterocycles. The minimum Gasteiger partial charge on any atom is -0.389 e. The number of carbonyl (C=O) groups is 1. The molecule has 1 heterocycles. The van der Waals surface area contributed by atoms with Crippen molar-refractivity contribution in [2.75, 3.05) is 13.1 Å². The molecule has 1 aliphatic rings. The Morgan fingerprint density at radius 1 is 1.71 bits per heavy atom. The van der Waals surface area contributed by atoms with Gasteiger partial charge in [-0.2, -0.15) is 0 Å². The number of piperidine rings is 1. The summed E-state index contributed by atoms with van der Waals surface area (Å²) in [5.74, 6) is 0.130. The van der Waals surface area contributed by atoms with E-state index in [4.69, 9.17) is 0 Å². The van der Waals surface area contributed by atoms with Gasteiger partial charge in [0, 0.05) is 25.6 Å². The first-order chi connectivity index (χ1) is 6.53. The fourth-order valence-corrected chi connectivity index (χ4v) is 1.40. The molecule has 4 nitrogen and oxygen atoms in total. The second-order valence-electron chi connectivity index (χ2n) is 4.27. The van der Waals surface area contributed by atoms with Crippen LogP contribution in [0, 0.1) is 0 Å². The second-order valence-corrected chi connectivity index (χ2v) is 4.27. The van der Waals surface area contributed by atoms with Crippen LogP contribution < -0.4 is 10.6 Å². The van der Waals surface area contributed by atoms with Crippen molar-refractivity contribution in [1.29, 1.82) is 0 Å². The molecule has 0 aromatic carbocycles. The van der Waals surface area contributed by atoms with E-state index in [-0.39, 0.29) is 5.91 Å². The van der Waals surface area contributed by atoms with Crippen LogP contribution in [0.15, 0.2) is 0 Å². The Balaban J connectivity index is 2.22. The van der Waals surface area contributed by atoms with Gasteiger partial charge in [0.1, 0.15) is 0 Å². The highest BCUT2D eigenvalue weighted by molar-refractivity contribution is 5.76. The Hall–Kier alpha value is -0.610. The van der Waals surface area contributed by atoms with E-state index in [1.807, 2.05) is 13.8 Å². The zero-order valence-electron chi connectivity index (χ0n) is 8.97. The van der Waals surface area contributed by atoms with Crippen molar-refractivity contribution in [2.45, 2.75) is 44.8 Å². The van der Waals surface area contributed by atoms with E-state index >= 15 is 0 Å². The Labute approximate surface area is 85.1 Å². The number of carbonyl (C=O) groups excluding carboxylic acids is 1. The summed E-state index contributed by atoms with van der Waals surface area (Å²) in [5, 5.41) is 15.8. The van der Waals surface area contributed by atoms with Crippen molar-refractivity contribution in [3.63, 3.8) is 0 Å². The molecule has 0 saturated carbocycles. The zero-order chi connectivity index (χ0) is 10.6. The number of nitrogens with one attached hydrogen (secondary N) is 2. The van der Waals surface area contributed by atoms with Crippen molar-refractivity contribution in [1.82, 2.24) is 10.6 Å². The Kier molecular flexibility index (Phi) is 3.89. The average Bonchev–Trinajstić information content (AvgIpc) is 2.17. The van der Waals surface area contributed by atoms with Gasteiger partial charge in [-0.1, -0.05) is 6.92 Å². The van der Waals surface area contributed by atoms with Crippen LogP contribution in [0.5, 0.6) is 0 Å². The van der Waals surface area contributed by atoms with E-state index < -0.39 is 5.60 Å². The van der Waals surface area contributed by atoms with Gasteiger partial charge in [-0.15, -0.1) is 0 Å². The van der Waals surface area contributed by atoms with Crippen LogP contribution in [-0.2, 0) is 4.79 Å². The number of hydrogen-bond donors (Lipinski definition) is 3. The summed E-state index contributed by atoms with van der Waals surface area (Å²) in [4.78, 5) is 10.9. The lowest BCUT2D eigenvalue weighted by Gasteiger charge is -2.28. The average molecular weight is 200 g/mol. The minimum absolute atomic E-state index is 0.130. The molecule has 0 aromatic heterocycles. The number of amides is 1. The molecule has 1 aliphatic heterocycles. The van der Waals surface area contributed by atoms with Crippen molar-refractivity contribution >= 4 is 5.91 Å². The van der Waals surface area contributed by atoms with E-state index in [0.717, 1.165) is 12.8 Å². The molecule has 1 fully saturated rings. The van der Waals surface area contributed by atoms with Gasteiger partial charge in [0.15, 0.2) is 0 Å². The summed E-state index contributed by atoms with van der Waals surface area (Å²) in [6.07, 6.45) is 2.19. The predicted molar refractivity (Wildman–Crippen MR) is 54.9 cm³/mol. The monoisotopic (exact) mass is 200 g/mol. The maximum atomic E-state index is 10.9. The van der Waals surface area contributed by atoms with Gasteiger partial charge in [-0.05, 0) is 19.8 Å². The third kappa shape index (κ3) is 3.64. The smallest absolute Gasteiger partial charge is 0.220 e. The molecule has 82 valence electrons. The quantitative estimate of drug-likeness (QED) is 0.599. The van der Waals surface area contributed by atoms with E-state index in [0.29, 0.717) is 25.6 Å². The lowest BCUT2D eigenvalue weighted by molar-refractivity contribution is -0.122. The molecule has 3 N–H and O–H groups in total. The molecule has 2 atom stereocenters. The van der Waals surface area contributed by atoms with Crippen molar-refractivity contribution < 1.29 is 9.90 Å². The molecule has 4 heteroatoms. The van der Waals surface area contributed by atoms with E-state index in [9.17, 15) is 9.90 Å². The summed E-state index contributed by atoms with van der Waals surface area (Å²) in [5.41, 5.74) is -0.637. The van der Waals surface area contributed by atoms with Gasteiger partial charge in [0.2, 0.25) is 5.91 Å².